The first-order valence-electron chi connectivity index (χ1n) is 7.95. The number of hydrogen-bond acceptors (Lipinski definition) is 4. The first-order chi connectivity index (χ1) is 11.1. The lowest BCUT2D eigenvalue weighted by Crippen LogP contribution is -2.29. The summed E-state index contributed by atoms with van der Waals surface area (Å²) in [6.07, 6.45) is 3.21. The normalized spacial score (nSPS) is 17.0. The van der Waals surface area contributed by atoms with Crippen molar-refractivity contribution < 1.29 is 0 Å². The smallest absolute Gasteiger partial charge is 0.289 e. The molecule has 0 saturated carbocycles. The molecule has 1 aliphatic carbocycles. The van der Waals surface area contributed by atoms with Gasteiger partial charge in [0.05, 0.1) is 18.3 Å². The van der Waals surface area contributed by atoms with Gasteiger partial charge in [-0.2, -0.15) is 5.26 Å². The molecule has 2 aromatic rings. The van der Waals surface area contributed by atoms with Crippen LogP contribution in [0.25, 0.3) is 0 Å². The Kier molecular flexibility index (Phi) is 4.65. The summed E-state index contributed by atoms with van der Waals surface area (Å²) in [5.74, 6) is 0.681. The van der Waals surface area contributed by atoms with Crippen LogP contribution in [-0.4, -0.2) is 16.5 Å². The summed E-state index contributed by atoms with van der Waals surface area (Å²) in [7, 11) is 2.01. The van der Waals surface area contributed by atoms with Gasteiger partial charge in [-0.15, -0.1) is 0 Å². The fourth-order valence-electron chi connectivity index (χ4n) is 3.20. The van der Waals surface area contributed by atoms with E-state index >= 15 is 0 Å². The summed E-state index contributed by atoms with van der Waals surface area (Å²) < 4.78 is 1.93. The second kappa shape index (κ2) is 6.69. The van der Waals surface area contributed by atoms with Crippen LogP contribution in [0.5, 0.6) is 0 Å². The van der Waals surface area contributed by atoms with Crippen molar-refractivity contribution in [2.75, 3.05) is 7.05 Å². The molecule has 1 unspecified atom stereocenters. The van der Waals surface area contributed by atoms with Crippen molar-refractivity contribution in [1.29, 1.82) is 5.26 Å². The number of thiazole rings is 1. The van der Waals surface area contributed by atoms with Crippen LogP contribution in [0, 0.1) is 17.2 Å². The van der Waals surface area contributed by atoms with Crippen molar-refractivity contribution in [3.8, 4) is 6.07 Å². The standard InChI is InChI=1S/C18H21N3OS/c1-13-6-7-16-17(8-13)23-18(22)21(16)12-20(2)11-15-5-3-4-14(9-15)10-19/h3-5,9,13H,6-8,11-12H2,1-2H3. The highest BCUT2D eigenvalue weighted by atomic mass is 32.1. The molecule has 1 aromatic heterocycles. The van der Waals surface area contributed by atoms with E-state index < -0.39 is 0 Å². The molecular formula is C18H21N3OS. The Morgan fingerprint density at radius 2 is 2.30 bits per heavy atom. The molecule has 120 valence electrons. The molecule has 0 N–H and O–H groups in total. The van der Waals surface area contributed by atoms with Crippen LogP contribution >= 0.6 is 11.3 Å². The highest BCUT2D eigenvalue weighted by molar-refractivity contribution is 7.09. The van der Waals surface area contributed by atoms with Gasteiger partial charge in [-0.3, -0.25) is 14.3 Å². The average Bonchev–Trinajstić information content (AvgIpc) is 2.82. The monoisotopic (exact) mass is 327 g/mol. The lowest BCUT2D eigenvalue weighted by molar-refractivity contribution is 0.252. The van der Waals surface area contributed by atoms with Crippen LogP contribution in [-0.2, 0) is 26.1 Å². The van der Waals surface area contributed by atoms with Gasteiger partial charge >= 0.3 is 4.87 Å². The number of aromatic nitrogens is 1. The van der Waals surface area contributed by atoms with E-state index in [0.717, 1.165) is 31.4 Å². The zero-order valence-electron chi connectivity index (χ0n) is 13.6. The van der Waals surface area contributed by atoms with Crippen LogP contribution in [0.2, 0.25) is 0 Å². The predicted octanol–water partition coefficient (Wildman–Crippen LogP) is 3.00. The Labute approximate surface area is 140 Å². The summed E-state index contributed by atoms with van der Waals surface area (Å²) >= 11 is 1.41. The number of nitriles is 1. The van der Waals surface area contributed by atoms with Crippen LogP contribution in [0.3, 0.4) is 0 Å². The molecule has 0 fully saturated rings. The van der Waals surface area contributed by atoms with Crippen molar-refractivity contribution in [2.24, 2.45) is 5.92 Å². The minimum absolute atomic E-state index is 0.154. The number of nitrogens with zero attached hydrogens (tertiary/aromatic N) is 3. The van der Waals surface area contributed by atoms with Crippen LogP contribution in [0.4, 0.5) is 0 Å². The predicted molar refractivity (Wildman–Crippen MR) is 92.4 cm³/mol. The van der Waals surface area contributed by atoms with Gasteiger partial charge in [0.1, 0.15) is 0 Å². The van der Waals surface area contributed by atoms with E-state index in [9.17, 15) is 4.79 Å². The number of hydrogen-bond donors (Lipinski definition) is 0. The summed E-state index contributed by atoms with van der Waals surface area (Å²) in [6, 6.07) is 9.81. The highest BCUT2D eigenvalue weighted by Crippen LogP contribution is 2.27. The Hall–Kier alpha value is -1.90. The van der Waals surface area contributed by atoms with Crippen LogP contribution in [0.1, 0.15) is 35.0 Å². The number of fused-ring (bicyclic) bond motifs is 1. The maximum Gasteiger partial charge on any atom is 0.308 e. The molecule has 1 heterocycles. The Balaban J connectivity index is 1.74. The van der Waals surface area contributed by atoms with Crippen molar-refractivity contribution in [3.05, 3.63) is 55.6 Å². The first kappa shape index (κ1) is 16.0. The third-order valence-corrected chi connectivity index (χ3v) is 5.42. The van der Waals surface area contributed by atoms with Crippen LogP contribution < -0.4 is 4.87 Å². The zero-order valence-corrected chi connectivity index (χ0v) is 14.4. The van der Waals surface area contributed by atoms with E-state index in [-0.39, 0.29) is 4.87 Å². The fraction of sp³-hybridized carbons (Fsp3) is 0.444. The SMILES string of the molecule is CC1CCc2c(sc(=O)n2CN(C)Cc2cccc(C#N)c2)C1. The van der Waals surface area contributed by atoms with Gasteiger partial charge in [0.25, 0.3) is 0 Å². The van der Waals surface area contributed by atoms with Crippen molar-refractivity contribution in [3.63, 3.8) is 0 Å². The molecule has 4 nitrogen and oxygen atoms in total. The van der Waals surface area contributed by atoms with Gasteiger partial charge in [0.15, 0.2) is 0 Å². The Morgan fingerprint density at radius 1 is 1.48 bits per heavy atom. The average molecular weight is 327 g/mol. The molecule has 0 radical (unpaired) electrons. The molecule has 5 heteroatoms. The number of benzene rings is 1. The van der Waals surface area contributed by atoms with E-state index in [2.05, 4.69) is 17.9 Å². The molecule has 1 atom stereocenters. The minimum atomic E-state index is 0.154. The first-order valence-corrected chi connectivity index (χ1v) is 8.77. The van der Waals surface area contributed by atoms with Gasteiger partial charge in [-0.05, 0) is 49.9 Å². The molecule has 0 aliphatic heterocycles. The van der Waals surface area contributed by atoms with Gasteiger partial charge in [-0.25, -0.2) is 0 Å². The van der Waals surface area contributed by atoms with E-state index in [1.165, 1.54) is 21.9 Å². The molecule has 23 heavy (non-hydrogen) atoms. The second-order valence-electron chi connectivity index (χ2n) is 6.48. The van der Waals surface area contributed by atoms with Gasteiger partial charge in [-0.1, -0.05) is 30.4 Å². The molecule has 0 spiro atoms. The lowest BCUT2D eigenvalue weighted by atomic mass is 9.93. The minimum Gasteiger partial charge on any atom is -0.289 e. The van der Waals surface area contributed by atoms with Crippen molar-refractivity contribution in [2.45, 2.75) is 39.4 Å². The quantitative estimate of drug-likeness (QED) is 0.867. The van der Waals surface area contributed by atoms with Crippen molar-refractivity contribution >= 4 is 11.3 Å². The Morgan fingerprint density at radius 3 is 3.09 bits per heavy atom. The topological polar surface area (TPSA) is 49.0 Å². The zero-order chi connectivity index (χ0) is 16.4. The van der Waals surface area contributed by atoms with Crippen LogP contribution in [0.15, 0.2) is 29.1 Å². The van der Waals surface area contributed by atoms with E-state index in [4.69, 9.17) is 5.26 Å². The molecule has 0 saturated heterocycles. The highest BCUT2D eigenvalue weighted by Gasteiger charge is 2.22. The van der Waals surface area contributed by atoms with E-state index in [1.54, 1.807) is 0 Å². The molecule has 1 aromatic carbocycles. The molecule has 3 rings (SSSR count). The largest absolute Gasteiger partial charge is 0.308 e. The summed E-state index contributed by atoms with van der Waals surface area (Å²) in [4.78, 5) is 15.9. The second-order valence-corrected chi connectivity index (χ2v) is 7.53. The van der Waals surface area contributed by atoms with Gasteiger partial charge in [0.2, 0.25) is 0 Å². The van der Waals surface area contributed by atoms with Gasteiger partial charge in [0, 0.05) is 17.1 Å². The summed E-state index contributed by atoms with van der Waals surface area (Å²) in [5, 5.41) is 8.99. The van der Waals surface area contributed by atoms with Gasteiger partial charge < -0.3 is 0 Å². The third kappa shape index (κ3) is 3.54. The molecule has 0 amide bonds. The molecule has 0 bridgehead atoms. The van der Waals surface area contributed by atoms with Crippen molar-refractivity contribution in [1.82, 2.24) is 9.47 Å². The Bertz CT molecular complexity index is 799. The lowest BCUT2D eigenvalue weighted by Gasteiger charge is -2.22. The third-order valence-electron chi connectivity index (χ3n) is 4.38. The fourth-order valence-corrected chi connectivity index (χ4v) is 4.39. The summed E-state index contributed by atoms with van der Waals surface area (Å²) in [6.45, 7) is 3.59. The maximum absolute atomic E-state index is 12.3. The summed E-state index contributed by atoms with van der Waals surface area (Å²) in [5.41, 5.74) is 3.00. The number of rotatable bonds is 4. The maximum atomic E-state index is 12.3. The van der Waals surface area contributed by atoms with E-state index in [1.807, 2.05) is 35.9 Å². The molecule has 1 aliphatic rings. The molecular weight excluding hydrogens is 306 g/mol. The van der Waals surface area contributed by atoms with E-state index in [0.29, 0.717) is 18.2 Å².